The van der Waals surface area contributed by atoms with Gasteiger partial charge >= 0.3 is 5.69 Å². The second kappa shape index (κ2) is 7.03. The van der Waals surface area contributed by atoms with Gasteiger partial charge in [0.2, 0.25) is 5.91 Å². The van der Waals surface area contributed by atoms with Crippen LogP contribution in [0.2, 0.25) is 0 Å². The van der Waals surface area contributed by atoms with E-state index in [1.165, 1.54) is 11.0 Å². The SMILES string of the molecule is CC1CCCCC1NC(=O)CCn1c(=O)[nH]c(=O)c2ccccc21. The summed E-state index contributed by atoms with van der Waals surface area (Å²) in [7, 11) is 0. The normalized spacial score (nSPS) is 20.9. The number of aromatic amines is 1. The number of hydrogen-bond acceptors (Lipinski definition) is 3. The van der Waals surface area contributed by atoms with Gasteiger partial charge in [-0.2, -0.15) is 0 Å². The van der Waals surface area contributed by atoms with Crippen molar-refractivity contribution in [3.8, 4) is 0 Å². The maximum atomic E-state index is 12.2. The first-order valence-electron chi connectivity index (χ1n) is 8.57. The van der Waals surface area contributed by atoms with Crippen LogP contribution in [0.1, 0.15) is 39.0 Å². The van der Waals surface area contributed by atoms with Gasteiger partial charge in [-0.3, -0.25) is 19.1 Å². The van der Waals surface area contributed by atoms with Crippen LogP contribution in [-0.4, -0.2) is 21.5 Å². The van der Waals surface area contributed by atoms with Crippen LogP contribution in [0.3, 0.4) is 0 Å². The van der Waals surface area contributed by atoms with Gasteiger partial charge < -0.3 is 5.32 Å². The Balaban J connectivity index is 1.73. The van der Waals surface area contributed by atoms with Crippen LogP contribution in [0.25, 0.3) is 10.9 Å². The second-order valence-corrected chi connectivity index (χ2v) is 6.61. The van der Waals surface area contributed by atoms with Crippen molar-refractivity contribution >= 4 is 16.8 Å². The molecule has 6 heteroatoms. The van der Waals surface area contributed by atoms with Crippen molar-refractivity contribution < 1.29 is 4.79 Å². The second-order valence-electron chi connectivity index (χ2n) is 6.61. The van der Waals surface area contributed by atoms with Gasteiger partial charge in [0.05, 0.1) is 10.9 Å². The average molecular weight is 329 g/mol. The van der Waals surface area contributed by atoms with E-state index in [-0.39, 0.29) is 24.9 Å². The highest BCUT2D eigenvalue weighted by Gasteiger charge is 2.22. The minimum absolute atomic E-state index is 0.0454. The molecule has 0 saturated heterocycles. The zero-order valence-corrected chi connectivity index (χ0v) is 13.9. The van der Waals surface area contributed by atoms with E-state index in [1.807, 2.05) is 0 Å². The van der Waals surface area contributed by atoms with Crippen molar-refractivity contribution in [2.75, 3.05) is 0 Å². The number of carbonyl (C=O) groups is 1. The number of fused-ring (bicyclic) bond motifs is 1. The van der Waals surface area contributed by atoms with Gasteiger partial charge in [0, 0.05) is 19.0 Å². The fraction of sp³-hybridized carbons (Fsp3) is 0.500. The van der Waals surface area contributed by atoms with E-state index in [4.69, 9.17) is 0 Å². The third kappa shape index (κ3) is 3.42. The van der Waals surface area contributed by atoms with Crippen molar-refractivity contribution in [2.45, 2.75) is 51.6 Å². The summed E-state index contributed by atoms with van der Waals surface area (Å²) in [5.41, 5.74) is -0.310. The molecule has 2 atom stereocenters. The van der Waals surface area contributed by atoms with Gasteiger partial charge in [-0.15, -0.1) is 0 Å². The minimum atomic E-state index is -0.475. The predicted molar refractivity (Wildman–Crippen MR) is 93.0 cm³/mol. The Hall–Kier alpha value is -2.37. The molecule has 0 spiro atoms. The number of nitrogens with zero attached hydrogens (tertiary/aromatic N) is 1. The number of para-hydroxylation sites is 1. The van der Waals surface area contributed by atoms with E-state index in [9.17, 15) is 14.4 Å². The van der Waals surface area contributed by atoms with Gasteiger partial charge in [-0.25, -0.2) is 4.79 Å². The van der Waals surface area contributed by atoms with Gasteiger partial charge in [0.1, 0.15) is 0 Å². The van der Waals surface area contributed by atoms with Crippen molar-refractivity contribution in [1.29, 1.82) is 0 Å². The third-order valence-corrected chi connectivity index (χ3v) is 4.93. The zero-order valence-electron chi connectivity index (χ0n) is 13.9. The molecule has 2 aromatic rings. The summed E-state index contributed by atoms with van der Waals surface area (Å²) in [5.74, 6) is 0.454. The van der Waals surface area contributed by atoms with Crippen molar-refractivity contribution in [3.05, 3.63) is 45.1 Å². The molecule has 6 nitrogen and oxygen atoms in total. The molecule has 1 aromatic heterocycles. The topological polar surface area (TPSA) is 84.0 Å². The monoisotopic (exact) mass is 329 g/mol. The summed E-state index contributed by atoms with van der Waals surface area (Å²) in [5, 5.41) is 3.55. The fourth-order valence-electron chi connectivity index (χ4n) is 3.49. The van der Waals surface area contributed by atoms with Gasteiger partial charge in [0.25, 0.3) is 5.56 Å². The molecule has 0 bridgehead atoms. The molecule has 1 saturated carbocycles. The summed E-state index contributed by atoms with van der Waals surface area (Å²) in [6.45, 7) is 2.42. The quantitative estimate of drug-likeness (QED) is 0.897. The summed E-state index contributed by atoms with van der Waals surface area (Å²) in [6, 6.07) is 7.17. The lowest BCUT2D eigenvalue weighted by molar-refractivity contribution is -0.122. The Labute approximate surface area is 139 Å². The molecule has 1 heterocycles. The number of benzene rings is 1. The fourth-order valence-corrected chi connectivity index (χ4v) is 3.49. The first-order valence-corrected chi connectivity index (χ1v) is 8.57. The molecule has 0 radical (unpaired) electrons. The Kier molecular flexibility index (Phi) is 4.83. The first-order chi connectivity index (χ1) is 11.6. The highest BCUT2D eigenvalue weighted by molar-refractivity contribution is 5.79. The number of aromatic nitrogens is 2. The van der Waals surface area contributed by atoms with Crippen LogP contribution >= 0.6 is 0 Å². The summed E-state index contributed by atoms with van der Waals surface area (Å²) in [6.07, 6.45) is 4.77. The molecule has 1 aliphatic carbocycles. The standard InChI is InChI=1S/C18H23N3O3/c1-12-6-2-4-8-14(12)19-16(22)10-11-21-15-9-5-3-7-13(15)17(23)20-18(21)24/h3,5,7,9,12,14H,2,4,6,8,10-11H2,1H3,(H,19,22)(H,20,23,24). The van der Waals surface area contributed by atoms with Crippen LogP contribution in [0.15, 0.2) is 33.9 Å². The third-order valence-electron chi connectivity index (χ3n) is 4.93. The lowest BCUT2D eigenvalue weighted by Crippen LogP contribution is -2.41. The first kappa shape index (κ1) is 16.5. The molecule has 1 amide bonds. The molecule has 24 heavy (non-hydrogen) atoms. The zero-order chi connectivity index (χ0) is 17.1. The molecule has 2 N–H and O–H groups in total. The number of H-pyrrole nitrogens is 1. The Bertz CT molecular complexity index is 852. The van der Waals surface area contributed by atoms with Crippen molar-refractivity contribution in [3.63, 3.8) is 0 Å². The molecular formula is C18H23N3O3. The van der Waals surface area contributed by atoms with E-state index < -0.39 is 11.2 Å². The van der Waals surface area contributed by atoms with E-state index >= 15 is 0 Å². The van der Waals surface area contributed by atoms with Crippen LogP contribution in [0.5, 0.6) is 0 Å². The van der Waals surface area contributed by atoms with Crippen molar-refractivity contribution in [2.24, 2.45) is 5.92 Å². The van der Waals surface area contributed by atoms with E-state index in [2.05, 4.69) is 17.2 Å². The molecule has 2 unspecified atom stereocenters. The molecule has 1 aliphatic rings. The molecule has 0 aliphatic heterocycles. The van der Waals surface area contributed by atoms with Crippen LogP contribution < -0.4 is 16.6 Å². The number of rotatable bonds is 4. The Morgan fingerprint density at radius 3 is 2.79 bits per heavy atom. The lowest BCUT2D eigenvalue weighted by Gasteiger charge is -2.29. The molecule has 3 rings (SSSR count). The van der Waals surface area contributed by atoms with Crippen LogP contribution in [0, 0.1) is 5.92 Å². The highest BCUT2D eigenvalue weighted by atomic mass is 16.2. The van der Waals surface area contributed by atoms with Crippen LogP contribution in [0.4, 0.5) is 0 Å². The molecular weight excluding hydrogens is 306 g/mol. The van der Waals surface area contributed by atoms with Gasteiger partial charge in [-0.1, -0.05) is 31.9 Å². The van der Waals surface area contributed by atoms with E-state index in [1.54, 1.807) is 24.3 Å². The summed E-state index contributed by atoms with van der Waals surface area (Å²) in [4.78, 5) is 38.5. The number of amides is 1. The minimum Gasteiger partial charge on any atom is -0.353 e. The van der Waals surface area contributed by atoms with Gasteiger partial charge in [0.15, 0.2) is 0 Å². The maximum absolute atomic E-state index is 12.2. The smallest absolute Gasteiger partial charge is 0.328 e. The Morgan fingerprint density at radius 1 is 1.25 bits per heavy atom. The van der Waals surface area contributed by atoms with E-state index in [0.717, 1.165) is 19.3 Å². The summed E-state index contributed by atoms with van der Waals surface area (Å²) >= 11 is 0. The van der Waals surface area contributed by atoms with Gasteiger partial charge in [-0.05, 0) is 30.9 Å². The molecule has 128 valence electrons. The lowest BCUT2D eigenvalue weighted by atomic mass is 9.86. The summed E-state index contributed by atoms with van der Waals surface area (Å²) < 4.78 is 1.46. The number of hydrogen-bond donors (Lipinski definition) is 2. The van der Waals surface area contributed by atoms with Crippen LogP contribution in [-0.2, 0) is 11.3 Å². The van der Waals surface area contributed by atoms with E-state index in [0.29, 0.717) is 16.8 Å². The average Bonchev–Trinajstić information content (AvgIpc) is 2.57. The molecule has 1 fully saturated rings. The number of nitrogens with one attached hydrogen (secondary N) is 2. The largest absolute Gasteiger partial charge is 0.353 e. The van der Waals surface area contributed by atoms with Crippen molar-refractivity contribution in [1.82, 2.24) is 14.9 Å². The predicted octanol–water partition coefficient (Wildman–Crippen LogP) is 1.77. The Morgan fingerprint density at radius 2 is 2.00 bits per heavy atom. The number of carbonyl (C=O) groups excluding carboxylic acids is 1. The molecule has 1 aromatic carbocycles. The maximum Gasteiger partial charge on any atom is 0.328 e. The highest BCUT2D eigenvalue weighted by Crippen LogP contribution is 2.23. The number of aryl methyl sites for hydroxylation is 1.